The van der Waals surface area contributed by atoms with Crippen LogP contribution in [-0.4, -0.2) is 29.1 Å². The molecule has 1 heterocycles. The van der Waals surface area contributed by atoms with Gasteiger partial charge >= 0.3 is 5.97 Å². The molecule has 2 aliphatic rings. The number of hydrogen-bond acceptors (Lipinski definition) is 4. The number of rotatable bonds is 8. The molecule has 1 aliphatic heterocycles. The standard InChI is InChI=1S/C29H32N2O4/c1-17(2)26(29(33)34)30-16-20-8-10-21(11-9-20)22-12-14-23(15-13-22)31-28(32)27-19(4)25-18(3)6-5-7-24(25)35-27/h5-15,17,24-26,30H,16H2,1-4H3,(H,31,32)(H,33,34)/t24?,25?,26-/m0/s1. The Balaban J connectivity index is 1.38. The van der Waals surface area contributed by atoms with E-state index in [4.69, 9.17) is 4.74 Å². The molecule has 6 nitrogen and oxygen atoms in total. The molecule has 1 aliphatic carbocycles. The van der Waals surface area contributed by atoms with Crippen molar-refractivity contribution < 1.29 is 19.4 Å². The quantitative estimate of drug-likeness (QED) is 0.486. The number of benzene rings is 2. The molecule has 6 heteroatoms. The number of carbonyl (C=O) groups excluding carboxylic acids is 1. The average Bonchev–Trinajstić information content (AvgIpc) is 3.17. The van der Waals surface area contributed by atoms with Crippen molar-refractivity contribution >= 4 is 17.6 Å². The summed E-state index contributed by atoms with van der Waals surface area (Å²) in [5, 5.41) is 15.4. The molecule has 0 saturated heterocycles. The number of anilines is 1. The van der Waals surface area contributed by atoms with Gasteiger partial charge in [0, 0.05) is 18.2 Å². The average molecular weight is 473 g/mol. The van der Waals surface area contributed by atoms with E-state index in [0.29, 0.717) is 18.0 Å². The number of hydrogen-bond donors (Lipinski definition) is 3. The van der Waals surface area contributed by atoms with Crippen LogP contribution in [0.1, 0.15) is 33.3 Å². The normalized spacial score (nSPS) is 19.7. The van der Waals surface area contributed by atoms with Gasteiger partial charge in [0.05, 0.1) is 0 Å². The predicted octanol–water partition coefficient (Wildman–Crippen LogP) is 5.30. The monoisotopic (exact) mass is 472 g/mol. The van der Waals surface area contributed by atoms with Crippen LogP contribution in [0.3, 0.4) is 0 Å². The Hall–Kier alpha value is -3.64. The van der Waals surface area contributed by atoms with Gasteiger partial charge in [-0.1, -0.05) is 68.0 Å². The zero-order chi connectivity index (χ0) is 25.1. The summed E-state index contributed by atoms with van der Waals surface area (Å²) in [6, 6.07) is 15.1. The van der Waals surface area contributed by atoms with E-state index in [1.54, 1.807) is 0 Å². The number of carbonyl (C=O) groups is 2. The Morgan fingerprint density at radius 3 is 2.20 bits per heavy atom. The SMILES string of the molecule is CC1=CC=CC2OC(C(=O)Nc3ccc(-c4ccc(CN[C@H](C(=O)O)C(C)C)cc4)cc3)=C(C)C12. The van der Waals surface area contributed by atoms with Crippen molar-refractivity contribution in [1.82, 2.24) is 5.32 Å². The molecule has 35 heavy (non-hydrogen) atoms. The lowest BCUT2D eigenvalue weighted by atomic mass is 9.86. The molecule has 0 bridgehead atoms. The van der Waals surface area contributed by atoms with Crippen LogP contribution in [0.5, 0.6) is 0 Å². The van der Waals surface area contributed by atoms with Gasteiger partial charge in [-0.2, -0.15) is 0 Å². The van der Waals surface area contributed by atoms with Crippen LogP contribution < -0.4 is 10.6 Å². The fourth-order valence-electron chi connectivity index (χ4n) is 4.67. The van der Waals surface area contributed by atoms with Crippen LogP contribution >= 0.6 is 0 Å². The topological polar surface area (TPSA) is 87.7 Å². The van der Waals surface area contributed by atoms with Gasteiger partial charge in [0.2, 0.25) is 0 Å². The van der Waals surface area contributed by atoms with Gasteiger partial charge in [0.25, 0.3) is 5.91 Å². The largest absolute Gasteiger partial charge is 0.480 e. The minimum atomic E-state index is -0.836. The lowest BCUT2D eigenvalue weighted by molar-refractivity contribution is -0.140. The third-order valence-electron chi connectivity index (χ3n) is 6.65. The Kier molecular flexibility index (Phi) is 7.22. The molecular weight excluding hydrogens is 440 g/mol. The highest BCUT2D eigenvalue weighted by atomic mass is 16.5. The molecule has 2 aromatic rings. The number of carboxylic acid groups (broad SMARTS) is 1. The highest BCUT2D eigenvalue weighted by Crippen LogP contribution is 2.39. The zero-order valence-electron chi connectivity index (χ0n) is 20.5. The van der Waals surface area contributed by atoms with Crippen molar-refractivity contribution in [2.24, 2.45) is 11.8 Å². The van der Waals surface area contributed by atoms with E-state index in [0.717, 1.165) is 22.3 Å². The third-order valence-corrected chi connectivity index (χ3v) is 6.65. The van der Waals surface area contributed by atoms with Crippen molar-refractivity contribution in [1.29, 1.82) is 0 Å². The Morgan fingerprint density at radius 2 is 1.63 bits per heavy atom. The number of allylic oxidation sites excluding steroid dienone is 2. The van der Waals surface area contributed by atoms with Crippen molar-refractivity contribution in [3.8, 4) is 11.1 Å². The fraction of sp³-hybridized carbons (Fsp3) is 0.310. The van der Waals surface area contributed by atoms with Gasteiger partial charge in [0.1, 0.15) is 12.1 Å². The van der Waals surface area contributed by atoms with E-state index in [9.17, 15) is 14.7 Å². The molecule has 1 amide bonds. The smallest absolute Gasteiger partial charge is 0.320 e. The number of fused-ring (bicyclic) bond motifs is 1. The Morgan fingerprint density at radius 1 is 1.00 bits per heavy atom. The zero-order valence-corrected chi connectivity index (χ0v) is 20.5. The summed E-state index contributed by atoms with van der Waals surface area (Å²) in [5.74, 6) is -0.536. The third kappa shape index (κ3) is 5.38. The molecule has 4 rings (SSSR count). The van der Waals surface area contributed by atoms with Gasteiger partial charge < -0.3 is 20.5 Å². The Labute approximate surface area is 206 Å². The molecule has 0 aromatic heterocycles. The molecule has 3 N–H and O–H groups in total. The highest BCUT2D eigenvalue weighted by molar-refractivity contribution is 6.03. The first-order valence-electron chi connectivity index (χ1n) is 11.9. The van der Waals surface area contributed by atoms with Crippen molar-refractivity contribution in [2.45, 2.75) is 46.4 Å². The molecule has 2 aromatic carbocycles. The maximum atomic E-state index is 12.9. The molecule has 182 valence electrons. The summed E-state index contributed by atoms with van der Waals surface area (Å²) in [4.78, 5) is 24.2. The maximum Gasteiger partial charge on any atom is 0.320 e. The molecule has 0 saturated carbocycles. The van der Waals surface area contributed by atoms with E-state index >= 15 is 0 Å². The molecular formula is C29H32N2O4. The first-order chi connectivity index (χ1) is 16.7. The number of ether oxygens (including phenoxy) is 1. The van der Waals surface area contributed by atoms with Gasteiger partial charge in [0.15, 0.2) is 5.76 Å². The molecule has 0 spiro atoms. The van der Waals surface area contributed by atoms with E-state index in [1.807, 2.05) is 81.5 Å². The summed E-state index contributed by atoms with van der Waals surface area (Å²) in [7, 11) is 0. The lowest BCUT2D eigenvalue weighted by Gasteiger charge is -2.20. The van der Waals surface area contributed by atoms with Crippen LogP contribution in [0.4, 0.5) is 5.69 Å². The van der Waals surface area contributed by atoms with Crippen LogP contribution in [-0.2, 0) is 20.9 Å². The summed E-state index contributed by atoms with van der Waals surface area (Å²) in [6.45, 7) is 8.30. The van der Waals surface area contributed by atoms with E-state index in [2.05, 4.69) is 23.6 Å². The number of nitrogens with one attached hydrogen (secondary N) is 2. The first-order valence-corrected chi connectivity index (χ1v) is 11.9. The van der Waals surface area contributed by atoms with E-state index in [-0.39, 0.29) is 23.8 Å². The van der Waals surface area contributed by atoms with Crippen molar-refractivity contribution in [3.63, 3.8) is 0 Å². The van der Waals surface area contributed by atoms with Crippen LogP contribution in [0.15, 0.2) is 83.7 Å². The predicted molar refractivity (Wildman–Crippen MR) is 138 cm³/mol. The fourth-order valence-corrected chi connectivity index (χ4v) is 4.67. The van der Waals surface area contributed by atoms with Crippen molar-refractivity contribution in [2.75, 3.05) is 5.32 Å². The van der Waals surface area contributed by atoms with E-state index in [1.165, 1.54) is 5.57 Å². The van der Waals surface area contributed by atoms with Gasteiger partial charge in [-0.05, 0) is 60.2 Å². The van der Waals surface area contributed by atoms with E-state index < -0.39 is 12.0 Å². The molecule has 3 atom stereocenters. The maximum absolute atomic E-state index is 12.9. The number of carboxylic acids is 1. The number of amides is 1. The molecule has 0 radical (unpaired) electrons. The second-order valence-corrected chi connectivity index (χ2v) is 9.54. The van der Waals surface area contributed by atoms with Crippen LogP contribution in [0.25, 0.3) is 11.1 Å². The highest BCUT2D eigenvalue weighted by Gasteiger charge is 2.37. The lowest BCUT2D eigenvalue weighted by Crippen LogP contribution is -2.40. The second-order valence-electron chi connectivity index (χ2n) is 9.54. The summed E-state index contributed by atoms with van der Waals surface area (Å²) in [5.41, 5.74) is 5.95. The minimum Gasteiger partial charge on any atom is -0.480 e. The number of aliphatic carboxylic acids is 1. The van der Waals surface area contributed by atoms with Gasteiger partial charge in [-0.15, -0.1) is 0 Å². The van der Waals surface area contributed by atoms with Gasteiger partial charge in [-0.25, -0.2) is 0 Å². The minimum absolute atomic E-state index is 0.00754. The van der Waals surface area contributed by atoms with Crippen molar-refractivity contribution in [3.05, 3.63) is 89.2 Å². The second kappa shape index (κ2) is 10.3. The summed E-state index contributed by atoms with van der Waals surface area (Å²) >= 11 is 0. The van der Waals surface area contributed by atoms with Crippen LogP contribution in [0.2, 0.25) is 0 Å². The first kappa shape index (κ1) is 24.5. The van der Waals surface area contributed by atoms with Gasteiger partial charge in [-0.3, -0.25) is 9.59 Å². The van der Waals surface area contributed by atoms with Crippen LogP contribution in [0, 0.1) is 11.8 Å². The molecule has 0 fully saturated rings. The summed E-state index contributed by atoms with van der Waals surface area (Å²) < 4.78 is 5.95. The summed E-state index contributed by atoms with van der Waals surface area (Å²) in [6.07, 6.45) is 5.92. The Bertz CT molecular complexity index is 1190. The molecule has 2 unspecified atom stereocenters.